The lowest BCUT2D eigenvalue weighted by molar-refractivity contribution is 0.00266. The molecular formula is C19H18O2. The van der Waals surface area contributed by atoms with Crippen molar-refractivity contribution in [3.8, 4) is 0 Å². The van der Waals surface area contributed by atoms with E-state index in [4.69, 9.17) is 4.42 Å². The topological polar surface area (TPSA) is 33.4 Å². The first-order valence-electron chi connectivity index (χ1n) is 7.44. The predicted molar refractivity (Wildman–Crippen MR) is 83.3 cm³/mol. The summed E-state index contributed by atoms with van der Waals surface area (Å²) in [5.74, 6) is 0.692. The summed E-state index contributed by atoms with van der Waals surface area (Å²) in [5, 5.41) is 12.1. The van der Waals surface area contributed by atoms with E-state index in [-0.39, 0.29) is 0 Å². The van der Waals surface area contributed by atoms with Crippen molar-refractivity contribution in [2.75, 3.05) is 0 Å². The third-order valence-electron chi connectivity index (χ3n) is 4.54. The van der Waals surface area contributed by atoms with Crippen LogP contribution in [0, 0.1) is 6.92 Å². The van der Waals surface area contributed by atoms with Crippen LogP contribution in [0.5, 0.6) is 0 Å². The summed E-state index contributed by atoms with van der Waals surface area (Å²) in [6.45, 7) is 2.07. The molecular weight excluding hydrogens is 260 g/mol. The van der Waals surface area contributed by atoms with E-state index in [1.807, 2.05) is 24.3 Å². The van der Waals surface area contributed by atoms with Gasteiger partial charge in [0.1, 0.15) is 16.9 Å². The van der Waals surface area contributed by atoms with Gasteiger partial charge in [0.05, 0.1) is 0 Å². The second-order valence-electron chi connectivity index (χ2n) is 6.13. The average molecular weight is 278 g/mol. The molecule has 0 bridgehead atoms. The molecule has 2 nitrogen and oxygen atoms in total. The summed E-state index contributed by atoms with van der Waals surface area (Å²) in [7, 11) is 0. The molecule has 106 valence electrons. The molecule has 1 atom stereocenters. The molecule has 0 radical (unpaired) electrons. The molecule has 1 aliphatic carbocycles. The summed E-state index contributed by atoms with van der Waals surface area (Å²) in [4.78, 5) is 0. The van der Waals surface area contributed by atoms with Gasteiger partial charge in [-0.25, -0.2) is 0 Å². The molecule has 21 heavy (non-hydrogen) atoms. The van der Waals surface area contributed by atoms with E-state index >= 15 is 0 Å². The van der Waals surface area contributed by atoms with Gasteiger partial charge in [-0.2, -0.15) is 0 Å². The average Bonchev–Trinajstić information content (AvgIpc) is 2.91. The highest BCUT2D eigenvalue weighted by molar-refractivity contribution is 5.79. The Morgan fingerprint density at radius 2 is 1.86 bits per heavy atom. The molecule has 3 aromatic rings. The van der Waals surface area contributed by atoms with Crippen LogP contribution in [0.15, 0.2) is 52.9 Å². The van der Waals surface area contributed by atoms with Gasteiger partial charge >= 0.3 is 0 Å². The zero-order valence-corrected chi connectivity index (χ0v) is 12.1. The van der Waals surface area contributed by atoms with Crippen LogP contribution in [0.2, 0.25) is 0 Å². The minimum Gasteiger partial charge on any atom is -0.458 e. The standard InChI is InChI=1S/C19H18O2/c1-13-6-7-17-16(10-13)11-18(21-17)19(20)9-8-14-4-2-3-5-15(14)12-19/h2-7,10-11,20H,8-9,12H2,1H3. The molecule has 0 saturated heterocycles. The Kier molecular flexibility index (Phi) is 2.69. The maximum atomic E-state index is 11.1. The van der Waals surface area contributed by atoms with Crippen molar-refractivity contribution in [1.82, 2.24) is 0 Å². The van der Waals surface area contributed by atoms with Crippen LogP contribution in [0.1, 0.15) is 28.9 Å². The predicted octanol–water partition coefficient (Wildman–Crippen LogP) is 4.12. The van der Waals surface area contributed by atoms with Gasteiger partial charge in [0, 0.05) is 11.8 Å². The van der Waals surface area contributed by atoms with Crippen LogP contribution in [0.3, 0.4) is 0 Å². The number of benzene rings is 2. The second-order valence-corrected chi connectivity index (χ2v) is 6.13. The Hall–Kier alpha value is -2.06. The first kappa shape index (κ1) is 12.7. The number of hydrogen-bond donors (Lipinski definition) is 1. The third kappa shape index (κ3) is 2.07. The summed E-state index contributed by atoms with van der Waals surface area (Å²) in [5.41, 5.74) is 3.73. The van der Waals surface area contributed by atoms with Gasteiger partial charge in [0.25, 0.3) is 0 Å². The van der Waals surface area contributed by atoms with Crippen LogP contribution >= 0.6 is 0 Å². The van der Waals surface area contributed by atoms with E-state index < -0.39 is 5.60 Å². The Bertz CT molecular complexity index is 815. The highest BCUT2D eigenvalue weighted by Crippen LogP contribution is 2.38. The van der Waals surface area contributed by atoms with Crippen molar-refractivity contribution in [3.63, 3.8) is 0 Å². The molecule has 2 aromatic carbocycles. The van der Waals surface area contributed by atoms with Crippen molar-refractivity contribution in [3.05, 3.63) is 71.0 Å². The molecule has 1 N–H and O–H groups in total. The normalized spacial score (nSPS) is 21.4. The molecule has 4 rings (SSSR count). The lowest BCUT2D eigenvalue weighted by Gasteiger charge is -2.31. The van der Waals surface area contributed by atoms with Crippen molar-refractivity contribution in [2.45, 2.75) is 31.8 Å². The van der Waals surface area contributed by atoms with Crippen LogP contribution in [0.25, 0.3) is 11.0 Å². The van der Waals surface area contributed by atoms with Crippen molar-refractivity contribution in [1.29, 1.82) is 0 Å². The Morgan fingerprint density at radius 3 is 2.71 bits per heavy atom. The SMILES string of the molecule is Cc1ccc2oc(C3(O)CCc4ccccc4C3)cc2c1. The van der Waals surface area contributed by atoms with E-state index in [0.717, 1.165) is 17.4 Å². The zero-order chi connectivity index (χ0) is 14.4. The van der Waals surface area contributed by atoms with Gasteiger partial charge < -0.3 is 9.52 Å². The van der Waals surface area contributed by atoms with Gasteiger partial charge in [-0.1, -0.05) is 35.9 Å². The van der Waals surface area contributed by atoms with Crippen molar-refractivity contribution < 1.29 is 9.52 Å². The highest BCUT2D eigenvalue weighted by atomic mass is 16.4. The minimum atomic E-state index is -0.888. The molecule has 1 heterocycles. The fraction of sp³-hybridized carbons (Fsp3) is 0.263. The molecule has 0 aliphatic heterocycles. The van der Waals surface area contributed by atoms with Gasteiger partial charge in [-0.3, -0.25) is 0 Å². The number of fused-ring (bicyclic) bond motifs is 2. The van der Waals surface area contributed by atoms with E-state index in [2.05, 4.69) is 31.2 Å². The second kappa shape index (κ2) is 4.47. The fourth-order valence-electron chi connectivity index (χ4n) is 3.32. The number of furan rings is 1. The molecule has 0 saturated carbocycles. The summed E-state index contributed by atoms with van der Waals surface area (Å²) in [6, 6.07) is 16.5. The monoisotopic (exact) mass is 278 g/mol. The number of hydrogen-bond acceptors (Lipinski definition) is 2. The molecule has 1 unspecified atom stereocenters. The maximum Gasteiger partial charge on any atom is 0.137 e. The van der Waals surface area contributed by atoms with E-state index in [0.29, 0.717) is 18.6 Å². The van der Waals surface area contributed by atoms with Crippen LogP contribution in [-0.4, -0.2) is 5.11 Å². The number of rotatable bonds is 1. The Balaban J connectivity index is 1.77. The molecule has 0 fully saturated rings. The van der Waals surface area contributed by atoms with Crippen molar-refractivity contribution in [2.24, 2.45) is 0 Å². The summed E-state index contributed by atoms with van der Waals surface area (Å²) < 4.78 is 5.93. The van der Waals surface area contributed by atoms with Gasteiger partial charge in [-0.05, 0) is 49.1 Å². The molecule has 0 spiro atoms. The van der Waals surface area contributed by atoms with Crippen LogP contribution in [-0.2, 0) is 18.4 Å². The largest absolute Gasteiger partial charge is 0.458 e. The lowest BCUT2D eigenvalue weighted by atomic mass is 9.79. The Labute approximate surface area is 124 Å². The van der Waals surface area contributed by atoms with E-state index in [1.165, 1.54) is 16.7 Å². The van der Waals surface area contributed by atoms with Gasteiger partial charge in [0.2, 0.25) is 0 Å². The first-order valence-corrected chi connectivity index (χ1v) is 7.44. The van der Waals surface area contributed by atoms with Gasteiger partial charge in [0.15, 0.2) is 0 Å². The van der Waals surface area contributed by atoms with Crippen LogP contribution < -0.4 is 0 Å². The number of aliphatic hydroxyl groups is 1. The van der Waals surface area contributed by atoms with Crippen molar-refractivity contribution >= 4 is 11.0 Å². The smallest absolute Gasteiger partial charge is 0.137 e. The summed E-state index contributed by atoms with van der Waals surface area (Å²) >= 11 is 0. The molecule has 1 aromatic heterocycles. The molecule has 1 aliphatic rings. The Morgan fingerprint density at radius 1 is 1.05 bits per heavy atom. The van der Waals surface area contributed by atoms with E-state index in [1.54, 1.807) is 0 Å². The zero-order valence-electron chi connectivity index (χ0n) is 12.1. The maximum absolute atomic E-state index is 11.1. The molecule has 0 amide bonds. The number of aryl methyl sites for hydroxylation is 2. The highest BCUT2D eigenvalue weighted by Gasteiger charge is 2.36. The van der Waals surface area contributed by atoms with Gasteiger partial charge in [-0.15, -0.1) is 0 Å². The molecule has 2 heteroatoms. The third-order valence-corrected chi connectivity index (χ3v) is 4.54. The lowest BCUT2D eigenvalue weighted by Crippen LogP contribution is -2.32. The quantitative estimate of drug-likeness (QED) is 0.726. The minimum absolute atomic E-state index is 0.627. The summed E-state index contributed by atoms with van der Waals surface area (Å²) in [6.07, 6.45) is 2.23. The fourth-order valence-corrected chi connectivity index (χ4v) is 3.32. The van der Waals surface area contributed by atoms with E-state index in [9.17, 15) is 5.11 Å². The first-order chi connectivity index (χ1) is 10.1. The van der Waals surface area contributed by atoms with Crippen LogP contribution in [0.4, 0.5) is 0 Å².